The second-order valence-corrected chi connectivity index (χ2v) is 19.1. The van der Waals surface area contributed by atoms with Crippen molar-refractivity contribution in [1.82, 2.24) is 41.8 Å². The second kappa shape index (κ2) is 28.2. The number of aliphatic hydroxyl groups excluding tert-OH is 1. The van der Waals surface area contributed by atoms with Gasteiger partial charge in [-0.2, -0.15) is 0 Å². The molecule has 8 atom stereocenters. The molecule has 5 rings (SSSR count). The third kappa shape index (κ3) is 17.5. The fraction of sp³-hybridized carbons (Fsp3) is 0.538. The molecule has 0 spiro atoms. The topological polar surface area (TPSA) is 329 Å². The molecule has 0 bridgehead atoms. The number of aromatic amines is 1. The zero-order valence-electron chi connectivity index (χ0n) is 42.1. The third-order valence-electron chi connectivity index (χ3n) is 13.2. The number of rotatable bonds is 15. The number of aromatic nitrogens is 1. The summed E-state index contributed by atoms with van der Waals surface area (Å²) in [5.41, 5.74) is 13.3. The molecule has 2 aliphatic rings. The van der Waals surface area contributed by atoms with Crippen LogP contribution in [0.5, 0.6) is 0 Å². The molecule has 21 nitrogen and oxygen atoms in total. The Hall–Kier alpha value is -7.16. The number of guanidine groups is 1. The lowest BCUT2D eigenvalue weighted by Gasteiger charge is -2.31. The number of amides is 7. The average molecular weight is 1010 g/mol. The van der Waals surface area contributed by atoms with Crippen LogP contribution >= 0.6 is 0 Å². The molecular weight excluding hydrogens is 939 g/mol. The predicted octanol–water partition coefficient (Wildman–Crippen LogP) is 0.990. The van der Waals surface area contributed by atoms with E-state index >= 15 is 0 Å². The van der Waals surface area contributed by atoms with Gasteiger partial charge >= 0.3 is 0 Å². The number of carbonyl (C=O) groups excluding carboxylic acids is 9. The molecule has 396 valence electrons. The first-order chi connectivity index (χ1) is 34.9. The number of nitrogens with one attached hydrogen (secondary N) is 7. The van der Waals surface area contributed by atoms with Crippen molar-refractivity contribution < 1.29 is 48.3 Å². The Kier molecular flexibility index (Phi) is 21.9. The summed E-state index contributed by atoms with van der Waals surface area (Å²) in [5, 5.41) is 28.4. The van der Waals surface area contributed by atoms with E-state index in [-0.39, 0.29) is 94.8 Å². The van der Waals surface area contributed by atoms with Gasteiger partial charge in [-0.1, -0.05) is 81.1 Å². The van der Waals surface area contributed by atoms with Gasteiger partial charge < -0.3 is 58.4 Å². The van der Waals surface area contributed by atoms with Crippen LogP contribution in [0.25, 0.3) is 10.9 Å². The van der Waals surface area contributed by atoms with Gasteiger partial charge in [0.1, 0.15) is 42.0 Å². The van der Waals surface area contributed by atoms with Crippen LogP contribution in [-0.2, 0) is 56.0 Å². The van der Waals surface area contributed by atoms with E-state index in [4.69, 9.17) is 11.5 Å². The van der Waals surface area contributed by atoms with E-state index in [2.05, 4.69) is 41.9 Å². The van der Waals surface area contributed by atoms with Gasteiger partial charge in [-0.3, -0.25) is 48.1 Å². The van der Waals surface area contributed by atoms with Crippen LogP contribution in [0.3, 0.4) is 0 Å². The molecule has 2 aromatic carbocycles. The highest BCUT2D eigenvalue weighted by Crippen LogP contribution is 2.23. The molecule has 3 aromatic rings. The Morgan fingerprint density at radius 3 is 2.18 bits per heavy atom. The smallest absolute Gasteiger partial charge is 0.245 e. The van der Waals surface area contributed by atoms with E-state index in [1.165, 1.54) is 13.8 Å². The molecule has 21 heteroatoms. The molecule has 2 saturated heterocycles. The molecule has 0 aliphatic carbocycles. The van der Waals surface area contributed by atoms with Crippen molar-refractivity contribution in [2.75, 3.05) is 13.1 Å². The van der Waals surface area contributed by atoms with Crippen LogP contribution in [0.2, 0.25) is 0 Å². The summed E-state index contributed by atoms with van der Waals surface area (Å²) in [6.07, 6.45) is 3.45. The molecule has 0 unspecified atom stereocenters. The normalized spacial score (nSPS) is 23.7. The van der Waals surface area contributed by atoms with Gasteiger partial charge in [-0.15, -0.1) is 0 Å². The van der Waals surface area contributed by atoms with Crippen LogP contribution in [0.1, 0.15) is 115 Å². The molecule has 2 fully saturated rings. The van der Waals surface area contributed by atoms with Crippen molar-refractivity contribution in [2.24, 2.45) is 16.5 Å². The molecule has 0 radical (unpaired) electrons. The number of aliphatic hydroxyl groups is 1. The number of fused-ring (bicyclic) bond motifs is 2. The first-order valence-electron chi connectivity index (χ1n) is 25.4. The average Bonchev–Trinajstić information content (AvgIpc) is 3.96. The molecule has 2 aliphatic heterocycles. The lowest BCUT2D eigenvalue weighted by atomic mass is 9.99. The molecule has 12 N–H and O–H groups in total. The largest absolute Gasteiger partial charge is 0.391 e. The van der Waals surface area contributed by atoms with E-state index < -0.39 is 89.7 Å². The van der Waals surface area contributed by atoms with Gasteiger partial charge in [0.15, 0.2) is 11.7 Å². The van der Waals surface area contributed by atoms with E-state index in [0.29, 0.717) is 36.8 Å². The molecule has 7 amide bonds. The zero-order valence-corrected chi connectivity index (χ0v) is 42.1. The minimum atomic E-state index is -1.37. The number of unbranched alkanes of at least 4 members (excludes halogenated alkanes) is 1. The monoisotopic (exact) mass is 1010 g/mol. The maximum atomic E-state index is 14.6. The maximum Gasteiger partial charge on any atom is 0.245 e. The van der Waals surface area contributed by atoms with Gasteiger partial charge in [0, 0.05) is 69.2 Å². The number of nitrogens with two attached hydrogens (primary N) is 2. The van der Waals surface area contributed by atoms with Gasteiger partial charge in [0.2, 0.25) is 41.4 Å². The van der Waals surface area contributed by atoms with Crippen LogP contribution in [0.15, 0.2) is 65.8 Å². The summed E-state index contributed by atoms with van der Waals surface area (Å²) in [7, 11) is 0. The van der Waals surface area contributed by atoms with Crippen LogP contribution in [0.4, 0.5) is 0 Å². The van der Waals surface area contributed by atoms with Crippen molar-refractivity contribution in [2.45, 2.75) is 165 Å². The van der Waals surface area contributed by atoms with Crippen molar-refractivity contribution in [3.8, 4) is 0 Å². The van der Waals surface area contributed by atoms with Gasteiger partial charge in [-0.05, 0) is 62.6 Å². The summed E-state index contributed by atoms with van der Waals surface area (Å²) < 4.78 is 0. The molecule has 1 aromatic heterocycles. The minimum Gasteiger partial charge on any atom is -0.391 e. The van der Waals surface area contributed by atoms with Gasteiger partial charge in [0.25, 0.3) is 0 Å². The summed E-state index contributed by atoms with van der Waals surface area (Å²) in [4.78, 5) is 133. The van der Waals surface area contributed by atoms with Crippen LogP contribution in [0, 0.1) is 0 Å². The first-order valence-corrected chi connectivity index (χ1v) is 25.4. The first kappa shape index (κ1) is 56.8. The lowest BCUT2D eigenvalue weighted by molar-refractivity contribution is -0.143. The minimum absolute atomic E-state index is 0.00256. The number of H-pyrrole nitrogens is 1. The standard InChI is InChI=1S/C52H73N11O10/c1-4-5-19-40(57-32(3)65)46(68)60-42-24-23-35(66)17-10-7-11-20-38(31(2)64)58-49(71)44(27-34-29-56-39-21-13-12-18-37(34)39)61-47(69)41(22-14-25-55-52(53)54)59-48(70)43(26-33-15-8-6-9-16-33)62-50(72)45-28-36(67)30-63(45)51(42)73/h6,8-9,12-13,15-16,18,21,29,36,38,40-45,56,67H,4-5,7,10-11,14,17,19-20,22-28,30H2,1-3H3,(H,57,65)(H,58,71)(H,59,70)(H,60,68)(H,61,69)(H,62,72)(H4,53,54,55)/t36-,38+,40+,41+,42+,43-,44+,45+/m1/s1. The number of hydrogen-bond donors (Lipinski definition) is 10. The Morgan fingerprint density at radius 1 is 0.795 bits per heavy atom. The quantitative estimate of drug-likeness (QED) is 0.0579. The maximum absolute atomic E-state index is 14.6. The number of carbonyl (C=O) groups is 9. The number of Topliss-reactive ketones (excluding diaryl/α,β-unsaturated/α-hetero) is 2. The molecule has 3 heterocycles. The summed E-state index contributed by atoms with van der Waals surface area (Å²) in [5.74, 6) is -5.56. The number of benzene rings is 2. The van der Waals surface area contributed by atoms with E-state index in [1.807, 2.05) is 31.2 Å². The summed E-state index contributed by atoms with van der Waals surface area (Å²) in [6, 6.07) is 7.65. The summed E-state index contributed by atoms with van der Waals surface area (Å²) >= 11 is 0. The van der Waals surface area contributed by atoms with Crippen molar-refractivity contribution >= 4 is 69.8 Å². The van der Waals surface area contributed by atoms with Crippen LogP contribution in [-0.4, -0.2) is 135 Å². The van der Waals surface area contributed by atoms with Gasteiger partial charge in [-0.25, -0.2) is 0 Å². The SMILES string of the molecule is CCCC[C@H](NC(C)=O)C(=O)N[C@H]1CCC(=O)CCCCC[C@@H](C(C)=O)NC(=O)[C@H](Cc2c[nH]c3ccccc23)NC(=O)[C@H](CCCN=C(N)N)NC(=O)[C@@H](Cc2ccccc2)NC(=O)[C@@H]2C[C@@H](O)CN2C1=O. The summed E-state index contributed by atoms with van der Waals surface area (Å²) in [6.45, 7) is 4.33. The molecule has 0 saturated carbocycles. The fourth-order valence-corrected chi connectivity index (χ4v) is 9.26. The number of para-hydroxylation sites is 1. The number of aliphatic imine (C=N–C) groups is 1. The number of hydrogen-bond acceptors (Lipinski definition) is 11. The van der Waals surface area contributed by atoms with E-state index in [9.17, 15) is 48.3 Å². The van der Waals surface area contributed by atoms with Crippen molar-refractivity contribution in [3.63, 3.8) is 0 Å². The Labute approximate surface area is 425 Å². The Balaban J connectivity index is 1.52. The van der Waals surface area contributed by atoms with E-state index in [0.717, 1.165) is 22.2 Å². The Morgan fingerprint density at radius 2 is 1.47 bits per heavy atom. The highest BCUT2D eigenvalue weighted by atomic mass is 16.3. The van der Waals surface area contributed by atoms with Crippen molar-refractivity contribution in [1.29, 1.82) is 0 Å². The highest BCUT2D eigenvalue weighted by Gasteiger charge is 2.43. The Bertz CT molecular complexity index is 2440. The molecular formula is C52H73N11O10. The molecule has 73 heavy (non-hydrogen) atoms. The predicted molar refractivity (Wildman–Crippen MR) is 273 cm³/mol. The van der Waals surface area contributed by atoms with Crippen molar-refractivity contribution in [3.05, 3.63) is 71.9 Å². The fourth-order valence-electron chi connectivity index (χ4n) is 9.26. The zero-order chi connectivity index (χ0) is 53.0. The van der Waals surface area contributed by atoms with Gasteiger partial charge in [0.05, 0.1) is 12.1 Å². The highest BCUT2D eigenvalue weighted by molar-refractivity contribution is 5.98. The number of ketones is 2. The number of nitrogens with zero attached hydrogens (tertiary/aromatic N) is 2. The lowest BCUT2D eigenvalue weighted by Crippen LogP contribution is -2.60. The second-order valence-electron chi connectivity index (χ2n) is 19.1. The van der Waals surface area contributed by atoms with Crippen LogP contribution < -0.4 is 43.4 Å². The third-order valence-corrected chi connectivity index (χ3v) is 13.2. The van der Waals surface area contributed by atoms with E-state index in [1.54, 1.807) is 36.5 Å².